The minimum atomic E-state index is -0.688. The molecule has 1 aliphatic rings. The molecular weight excluding hydrogens is 373 g/mol. The van der Waals surface area contributed by atoms with E-state index >= 15 is 0 Å². The van der Waals surface area contributed by atoms with Crippen molar-refractivity contribution >= 4 is 17.6 Å². The third-order valence-electron chi connectivity index (χ3n) is 4.83. The monoisotopic (exact) mass is 395 g/mol. The fourth-order valence-electron chi connectivity index (χ4n) is 3.39. The van der Waals surface area contributed by atoms with Crippen LogP contribution in [0, 0.1) is 24.6 Å². The van der Waals surface area contributed by atoms with E-state index in [9.17, 15) is 14.0 Å². The number of nitrogens with two attached hydrogens (primary N) is 1. The number of amides is 2. The Labute approximate surface area is 168 Å². The number of nitrogens with one attached hydrogen (secondary N) is 1. The average Bonchev–Trinajstić information content (AvgIpc) is 3.32. The van der Waals surface area contributed by atoms with Gasteiger partial charge in [0, 0.05) is 20.1 Å². The van der Waals surface area contributed by atoms with Gasteiger partial charge in [0.2, 0.25) is 5.91 Å². The highest BCUT2D eigenvalue weighted by molar-refractivity contribution is 6.00. The number of aromatic nitrogens is 2. The molecule has 1 fully saturated rings. The number of hydrogen-bond acceptors (Lipinski definition) is 4. The van der Waals surface area contributed by atoms with Gasteiger partial charge in [0.15, 0.2) is 5.69 Å². The van der Waals surface area contributed by atoms with E-state index < -0.39 is 11.7 Å². The molecule has 1 aromatic carbocycles. The number of carbonyl (C=O) groups is 2. The maximum atomic E-state index is 14.0. The third-order valence-corrected chi connectivity index (χ3v) is 4.83. The van der Waals surface area contributed by atoms with E-state index in [2.05, 4.69) is 28.8 Å². The largest absolute Gasteiger partial charge is 0.373 e. The Morgan fingerprint density at radius 1 is 1.41 bits per heavy atom. The van der Waals surface area contributed by atoms with Gasteiger partial charge in [-0.3, -0.25) is 9.59 Å². The molecule has 0 spiro atoms. The van der Waals surface area contributed by atoms with E-state index in [1.54, 1.807) is 28.8 Å². The summed E-state index contributed by atoms with van der Waals surface area (Å²) in [4.78, 5) is 25.6. The Bertz CT molecular complexity index is 1050. The van der Waals surface area contributed by atoms with Crippen molar-refractivity contribution in [3.8, 4) is 11.8 Å². The van der Waals surface area contributed by atoms with Gasteiger partial charge >= 0.3 is 0 Å². The summed E-state index contributed by atoms with van der Waals surface area (Å²) in [6.07, 6.45) is 1.93. The lowest BCUT2D eigenvalue weighted by molar-refractivity contribution is -0.125. The van der Waals surface area contributed by atoms with Crippen molar-refractivity contribution in [3.05, 3.63) is 59.1 Å². The van der Waals surface area contributed by atoms with Gasteiger partial charge < -0.3 is 16.0 Å². The number of likely N-dealkylation sites (tertiary alicyclic amines) is 1. The highest BCUT2D eigenvalue weighted by Crippen LogP contribution is 2.29. The van der Waals surface area contributed by atoms with Crippen LogP contribution in [0.25, 0.3) is 0 Å². The van der Waals surface area contributed by atoms with Crippen molar-refractivity contribution in [2.45, 2.75) is 19.4 Å². The lowest BCUT2D eigenvalue weighted by Crippen LogP contribution is -2.27. The van der Waals surface area contributed by atoms with Crippen molar-refractivity contribution < 1.29 is 14.0 Å². The molecule has 0 aliphatic carbocycles. The van der Waals surface area contributed by atoms with Crippen LogP contribution in [-0.4, -0.2) is 46.6 Å². The van der Waals surface area contributed by atoms with Gasteiger partial charge in [0.25, 0.3) is 5.91 Å². The van der Waals surface area contributed by atoms with Crippen LogP contribution >= 0.6 is 0 Å². The second kappa shape index (κ2) is 8.19. The van der Waals surface area contributed by atoms with E-state index in [0.717, 1.165) is 5.56 Å². The lowest BCUT2D eigenvalue weighted by Gasteiger charge is -2.16. The summed E-state index contributed by atoms with van der Waals surface area (Å²) in [7, 11) is 1.65. The summed E-state index contributed by atoms with van der Waals surface area (Å²) in [5.41, 5.74) is 6.95. The smallest absolute Gasteiger partial charge is 0.255 e. The van der Waals surface area contributed by atoms with E-state index in [1.807, 2.05) is 6.92 Å². The van der Waals surface area contributed by atoms with E-state index in [-0.39, 0.29) is 28.8 Å². The zero-order chi connectivity index (χ0) is 21.1. The molecule has 29 heavy (non-hydrogen) atoms. The van der Waals surface area contributed by atoms with Gasteiger partial charge in [-0.1, -0.05) is 18.6 Å². The summed E-state index contributed by atoms with van der Waals surface area (Å²) in [6.45, 7) is 6.33. The van der Waals surface area contributed by atoms with Crippen molar-refractivity contribution in [2.75, 3.05) is 25.5 Å². The van der Waals surface area contributed by atoms with Gasteiger partial charge in [0.05, 0.1) is 11.6 Å². The molecule has 0 unspecified atom stereocenters. The summed E-state index contributed by atoms with van der Waals surface area (Å²) >= 11 is 0. The molecule has 1 aliphatic heterocycles. The number of carbonyl (C=O) groups excluding carboxylic acids is 2. The molecule has 1 atom stereocenters. The van der Waals surface area contributed by atoms with Gasteiger partial charge in [-0.25, -0.2) is 9.07 Å². The maximum absolute atomic E-state index is 14.0. The zero-order valence-electron chi connectivity index (χ0n) is 16.3. The number of halogens is 1. The molecule has 150 valence electrons. The Morgan fingerprint density at radius 2 is 2.17 bits per heavy atom. The molecule has 0 bridgehead atoms. The Morgan fingerprint density at radius 3 is 2.83 bits per heavy atom. The van der Waals surface area contributed by atoms with Crippen LogP contribution in [0.15, 0.2) is 30.9 Å². The molecule has 3 rings (SSSR count). The highest BCUT2D eigenvalue weighted by Gasteiger charge is 2.31. The average molecular weight is 395 g/mol. The predicted octanol–water partition coefficient (Wildman–Crippen LogP) is 1.83. The van der Waals surface area contributed by atoms with Gasteiger partial charge in [-0.05, 0) is 43.0 Å². The first-order valence-corrected chi connectivity index (χ1v) is 9.15. The fourth-order valence-corrected chi connectivity index (χ4v) is 3.39. The summed E-state index contributed by atoms with van der Waals surface area (Å²) in [5.74, 6) is 4.65. The number of rotatable bonds is 4. The lowest BCUT2D eigenvalue weighted by atomic mass is 10.1. The molecule has 0 saturated carbocycles. The van der Waals surface area contributed by atoms with Crippen LogP contribution in [0.1, 0.15) is 39.6 Å². The van der Waals surface area contributed by atoms with Crippen LogP contribution in [0.3, 0.4) is 0 Å². The predicted molar refractivity (Wildman–Crippen MR) is 108 cm³/mol. The topological polar surface area (TPSA) is 93.2 Å². The molecule has 2 aromatic rings. The minimum absolute atomic E-state index is 0.140. The normalized spacial score (nSPS) is 15.6. The first-order valence-electron chi connectivity index (χ1n) is 9.15. The van der Waals surface area contributed by atoms with Crippen LogP contribution in [0.2, 0.25) is 0 Å². The number of aryl methyl sites for hydroxylation is 1. The maximum Gasteiger partial charge on any atom is 0.255 e. The molecule has 1 saturated heterocycles. The van der Waals surface area contributed by atoms with Crippen molar-refractivity contribution in [1.29, 1.82) is 0 Å². The summed E-state index contributed by atoms with van der Waals surface area (Å²) in [6, 6.07) is 4.47. The quantitative estimate of drug-likeness (QED) is 0.610. The summed E-state index contributed by atoms with van der Waals surface area (Å²) in [5, 5.41) is 7.42. The third kappa shape index (κ3) is 3.99. The van der Waals surface area contributed by atoms with E-state index in [0.29, 0.717) is 25.3 Å². The first kappa shape index (κ1) is 20.1. The van der Waals surface area contributed by atoms with Crippen molar-refractivity contribution in [2.24, 2.45) is 5.73 Å². The molecule has 8 heteroatoms. The van der Waals surface area contributed by atoms with Crippen LogP contribution in [-0.2, 0) is 4.79 Å². The van der Waals surface area contributed by atoms with Crippen molar-refractivity contribution in [3.63, 3.8) is 0 Å². The molecule has 7 nitrogen and oxygen atoms in total. The first-order chi connectivity index (χ1) is 13.8. The highest BCUT2D eigenvalue weighted by atomic mass is 19.1. The molecule has 2 heterocycles. The number of hydrogen-bond donors (Lipinski definition) is 2. The number of nitrogens with zero attached hydrogens (tertiary/aromatic N) is 3. The van der Waals surface area contributed by atoms with Crippen LogP contribution in [0.5, 0.6) is 0 Å². The van der Waals surface area contributed by atoms with E-state index in [4.69, 9.17) is 5.73 Å². The number of primary amides is 1. The standard InChI is InChI=1S/C21H22FN5O2/c1-4-18(28)26-10-9-15(12-26)27-21(24-3)19(20(23)29)17(25-27)8-6-14-11-13(2)5-7-16(14)22/h4-5,7,11,15,24H,1,9-10,12H2,2-3H3,(H2,23,29)/t15-/m0/s1. The minimum Gasteiger partial charge on any atom is -0.373 e. The second-order valence-electron chi connectivity index (χ2n) is 6.80. The van der Waals surface area contributed by atoms with Gasteiger partial charge in [-0.2, -0.15) is 5.10 Å². The van der Waals surface area contributed by atoms with E-state index in [1.165, 1.54) is 12.1 Å². The fraction of sp³-hybridized carbons (Fsp3) is 0.286. The molecule has 2 amide bonds. The Hall–Kier alpha value is -3.60. The SMILES string of the molecule is C=CC(=O)N1CC[C@H](n2nc(C#Cc3cc(C)ccc3F)c(C(N)=O)c2NC)C1. The van der Waals surface area contributed by atoms with Gasteiger partial charge in [-0.15, -0.1) is 0 Å². The van der Waals surface area contributed by atoms with Gasteiger partial charge in [0.1, 0.15) is 17.2 Å². The molecule has 0 radical (unpaired) electrons. The Kier molecular flexibility index (Phi) is 5.69. The number of anilines is 1. The molecule has 1 aromatic heterocycles. The second-order valence-corrected chi connectivity index (χ2v) is 6.80. The van der Waals surface area contributed by atoms with Crippen molar-refractivity contribution in [1.82, 2.24) is 14.7 Å². The summed E-state index contributed by atoms with van der Waals surface area (Å²) < 4.78 is 15.6. The Balaban J connectivity index is 2.02. The van der Waals surface area contributed by atoms with Crippen LogP contribution < -0.4 is 11.1 Å². The molecular formula is C21H22FN5O2. The molecule has 3 N–H and O–H groups in total. The number of benzene rings is 1. The zero-order valence-corrected chi connectivity index (χ0v) is 16.3. The van der Waals surface area contributed by atoms with Crippen LogP contribution in [0.4, 0.5) is 10.2 Å².